The smallest absolute Gasteiger partial charge is 0.343 e. The predicted octanol–water partition coefficient (Wildman–Crippen LogP) is 5.28. The number of carbonyl (C=O) groups excluding carboxylic acids is 3. The summed E-state index contributed by atoms with van der Waals surface area (Å²) < 4.78 is 10.4. The molecular weight excluding hydrogens is 392 g/mol. The molecule has 3 aromatic rings. The van der Waals surface area contributed by atoms with Gasteiger partial charge >= 0.3 is 11.9 Å². The van der Waals surface area contributed by atoms with Crippen LogP contribution in [0.4, 0.5) is 0 Å². The molecule has 0 saturated carbocycles. The van der Waals surface area contributed by atoms with Crippen LogP contribution in [0.25, 0.3) is 6.08 Å². The van der Waals surface area contributed by atoms with E-state index >= 15 is 0 Å². The first-order valence-electron chi connectivity index (χ1n) is 9.50. The second-order valence-corrected chi connectivity index (χ2v) is 6.72. The Hall–Kier alpha value is -4.25. The summed E-state index contributed by atoms with van der Waals surface area (Å²) in [6.45, 7) is 5.07. The summed E-state index contributed by atoms with van der Waals surface area (Å²) in [5, 5.41) is 0. The Morgan fingerprint density at radius 1 is 0.742 bits per heavy atom. The molecule has 5 heteroatoms. The lowest BCUT2D eigenvalue weighted by atomic mass is 10.1. The van der Waals surface area contributed by atoms with E-state index in [-0.39, 0.29) is 11.4 Å². The van der Waals surface area contributed by atoms with Gasteiger partial charge in [-0.05, 0) is 55.0 Å². The highest BCUT2D eigenvalue weighted by atomic mass is 16.5. The van der Waals surface area contributed by atoms with E-state index in [0.717, 1.165) is 5.56 Å². The van der Waals surface area contributed by atoms with Gasteiger partial charge in [-0.15, -0.1) is 0 Å². The summed E-state index contributed by atoms with van der Waals surface area (Å²) in [6.07, 6.45) is 3.20. The Labute approximate surface area is 180 Å². The molecule has 0 heterocycles. The first-order chi connectivity index (χ1) is 14.9. The van der Waals surface area contributed by atoms with Crippen LogP contribution >= 0.6 is 0 Å². The molecule has 3 rings (SSSR count). The zero-order valence-corrected chi connectivity index (χ0v) is 16.9. The molecular formula is C26H20O5. The summed E-state index contributed by atoms with van der Waals surface area (Å²) in [4.78, 5) is 35.9. The number of ketones is 1. The Kier molecular flexibility index (Phi) is 6.91. The molecule has 0 amide bonds. The number of rotatable bonds is 7. The zero-order valence-electron chi connectivity index (χ0n) is 16.9. The van der Waals surface area contributed by atoms with Gasteiger partial charge in [-0.3, -0.25) is 4.79 Å². The third-order valence-corrected chi connectivity index (χ3v) is 4.23. The van der Waals surface area contributed by atoms with Crippen molar-refractivity contribution in [2.24, 2.45) is 0 Å². The van der Waals surface area contributed by atoms with Gasteiger partial charge in [0.25, 0.3) is 0 Å². The van der Waals surface area contributed by atoms with Gasteiger partial charge in [0.15, 0.2) is 5.78 Å². The van der Waals surface area contributed by atoms with Crippen LogP contribution in [0.15, 0.2) is 97.1 Å². The Morgan fingerprint density at radius 2 is 1.32 bits per heavy atom. The fourth-order valence-electron chi connectivity index (χ4n) is 2.54. The Bertz CT molecular complexity index is 1120. The molecule has 0 bridgehead atoms. The van der Waals surface area contributed by atoms with E-state index in [2.05, 4.69) is 6.58 Å². The minimum atomic E-state index is -0.541. The molecule has 0 atom stereocenters. The van der Waals surface area contributed by atoms with Crippen molar-refractivity contribution >= 4 is 23.8 Å². The summed E-state index contributed by atoms with van der Waals surface area (Å²) in [6, 6.07) is 21.8. The molecule has 3 aromatic carbocycles. The fraction of sp³-hybridized carbons (Fsp3) is 0.0385. The maximum Gasteiger partial charge on any atom is 0.343 e. The highest BCUT2D eigenvalue weighted by molar-refractivity contribution is 6.06. The fourth-order valence-corrected chi connectivity index (χ4v) is 2.54. The van der Waals surface area contributed by atoms with E-state index in [1.807, 2.05) is 18.2 Å². The highest BCUT2D eigenvalue weighted by Gasteiger charge is 2.10. The minimum Gasteiger partial charge on any atom is -0.423 e. The van der Waals surface area contributed by atoms with E-state index in [1.165, 1.54) is 30.3 Å². The molecule has 5 nitrogen and oxygen atoms in total. The summed E-state index contributed by atoms with van der Waals surface area (Å²) in [7, 11) is 0. The second-order valence-electron chi connectivity index (χ2n) is 6.72. The summed E-state index contributed by atoms with van der Waals surface area (Å²) in [5.41, 5.74) is 2.01. The van der Waals surface area contributed by atoms with Crippen LogP contribution in [0.2, 0.25) is 0 Å². The normalized spacial score (nSPS) is 10.5. The van der Waals surface area contributed by atoms with Crippen LogP contribution in [0.1, 0.15) is 33.2 Å². The monoisotopic (exact) mass is 412 g/mol. The van der Waals surface area contributed by atoms with Crippen molar-refractivity contribution in [1.82, 2.24) is 0 Å². The van der Waals surface area contributed by atoms with Gasteiger partial charge in [0, 0.05) is 11.1 Å². The third kappa shape index (κ3) is 6.11. The Morgan fingerprint density at radius 3 is 1.94 bits per heavy atom. The maximum absolute atomic E-state index is 12.3. The number of ether oxygens (including phenoxy) is 2. The van der Waals surface area contributed by atoms with Crippen molar-refractivity contribution in [2.45, 2.75) is 6.92 Å². The highest BCUT2D eigenvalue weighted by Crippen LogP contribution is 2.18. The van der Waals surface area contributed by atoms with E-state index < -0.39 is 11.9 Å². The van der Waals surface area contributed by atoms with Gasteiger partial charge < -0.3 is 9.47 Å². The van der Waals surface area contributed by atoms with Crippen LogP contribution < -0.4 is 9.47 Å². The topological polar surface area (TPSA) is 69.7 Å². The standard InChI is InChI=1S/C26H20O5/c1-18(2)25(28)30-23-15-11-21(12-16-23)26(29)31-22-13-8-19(9-14-22)10-17-24(27)20-6-4-3-5-7-20/h3-17H,1H2,2H3. The first-order valence-corrected chi connectivity index (χ1v) is 9.50. The summed E-state index contributed by atoms with van der Waals surface area (Å²) >= 11 is 0. The number of allylic oxidation sites excluding steroid dienone is 1. The van der Waals surface area contributed by atoms with Crippen LogP contribution in [-0.2, 0) is 4.79 Å². The van der Waals surface area contributed by atoms with Gasteiger partial charge in [0.1, 0.15) is 11.5 Å². The quantitative estimate of drug-likeness (QED) is 0.228. The van der Waals surface area contributed by atoms with Gasteiger partial charge in [-0.1, -0.05) is 55.1 Å². The molecule has 0 aliphatic rings. The van der Waals surface area contributed by atoms with Crippen molar-refractivity contribution in [3.63, 3.8) is 0 Å². The average Bonchev–Trinajstić information content (AvgIpc) is 2.79. The number of hydrogen-bond acceptors (Lipinski definition) is 5. The lowest BCUT2D eigenvalue weighted by molar-refractivity contribution is -0.130. The lowest BCUT2D eigenvalue weighted by Crippen LogP contribution is -2.10. The van der Waals surface area contributed by atoms with E-state index in [9.17, 15) is 14.4 Å². The van der Waals surface area contributed by atoms with Gasteiger partial charge in [0.05, 0.1) is 5.56 Å². The molecule has 0 saturated heterocycles. The van der Waals surface area contributed by atoms with Gasteiger partial charge in [-0.2, -0.15) is 0 Å². The van der Waals surface area contributed by atoms with E-state index in [4.69, 9.17) is 9.47 Å². The Balaban J connectivity index is 1.58. The van der Waals surface area contributed by atoms with E-state index in [0.29, 0.717) is 22.6 Å². The first kappa shape index (κ1) is 21.5. The molecule has 0 fully saturated rings. The molecule has 154 valence electrons. The zero-order chi connectivity index (χ0) is 22.2. The second kappa shape index (κ2) is 9.98. The predicted molar refractivity (Wildman–Crippen MR) is 118 cm³/mol. The van der Waals surface area contributed by atoms with Crippen molar-refractivity contribution in [3.8, 4) is 11.5 Å². The molecule has 0 aliphatic heterocycles. The van der Waals surface area contributed by atoms with Crippen molar-refractivity contribution < 1.29 is 23.9 Å². The number of benzene rings is 3. The number of hydrogen-bond donors (Lipinski definition) is 0. The van der Waals surface area contributed by atoms with Crippen molar-refractivity contribution in [2.75, 3.05) is 0 Å². The number of carbonyl (C=O) groups is 3. The molecule has 0 spiro atoms. The molecule has 0 aliphatic carbocycles. The minimum absolute atomic E-state index is 0.0894. The molecule has 0 unspecified atom stereocenters. The van der Waals surface area contributed by atoms with Crippen LogP contribution in [-0.4, -0.2) is 17.7 Å². The van der Waals surface area contributed by atoms with E-state index in [1.54, 1.807) is 49.4 Å². The van der Waals surface area contributed by atoms with Crippen molar-refractivity contribution in [1.29, 1.82) is 0 Å². The lowest BCUT2D eigenvalue weighted by Gasteiger charge is -2.06. The molecule has 0 aromatic heterocycles. The molecule has 31 heavy (non-hydrogen) atoms. The molecule has 0 radical (unpaired) electrons. The average molecular weight is 412 g/mol. The molecule has 0 N–H and O–H groups in total. The largest absolute Gasteiger partial charge is 0.423 e. The van der Waals surface area contributed by atoms with Crippen LogP contribution in [0.5, 0.6) is 11.5 Å². The van der Waals surface area contributed by atoms with Gasteiger partial charge in [-0.25, -0.2) is 9.59 Å². The van der Waals surface area contributed by atoms with Crippen molar-refractivity contribution in [3.05, 3.63) is 114 Å². The van der Waals surface area contributed by atoms with Crippen LogP contribution in [0, 0.1) is 0 Å². The van der Waals surface area contributed by atoms with Crippen LogP contribution in [0.3, 0.4) is 0 Å². The SMILES string of the molecule is C=C(C)C(=O)Oc1ccc(C(=O)Oc2ccc(C=CC(=O)c3ccccc3)cc2)cc1. The maximum atomic E-state index is 12.3. The third-order valence-electron chi connectivity index (χ3n) is 4.23. The summed E-state index contributed by atoms with van der Waals surface area (Å²) in [5.74, 6) is -0.483. The van der Waals surface area contributed by atoms with Gasteiger partial charge in [0.2, 0.25) is 0 Å². The number of esters is 2.